The highest BCUT2D eigenvalue weighted by atomic mass is 32.2. The molecular weight excluding hydrogens is 140 g/mol. The van der Waals surface area contributed by atoms with Crippen LogP contribution in [-0.2, 0) is 15.5 Å². The van der Waals surface area contributed by atoms with Crippen molar-refractivity contribution in [3.8, 4) is 0 Å². The van der Waals surface area contributed by atoms with Gasteiger partial charge in [0.05, 0.1) is 0 Å². The zero-order valence-corrected chi connectivity index (χ0v) is 6.57. The number of carbonyl (C=O) groups is 1. The predicted molar refractivity (Wildman–Crippen MR) is 35.1 cm³/mol. The summed E-state index contributed by atoms with van der Waals surface area (Å²) < 4.78 is 19.4. The first kappa shape index (κ1) is 8.62. The quantitative estimate of drug-likeness (QED) is 0.562. The third kappa shape index (κ3) is 1.78. The van der Waals surface area contributed by atoms with Gasteiger partial charge in [-0.15, -0.1) is 0 Å². The van der Waals surface area contributed by atoms with E-state index in [1.165, 1.54) is 20.8 Å². The molecule has 0 rings (SSSR count). The fourth-order valence-electron chi connectivity index (χ4n) is 0.129. The standard InChI is InChI=1S/C5H10O3S/c1-4(6)5(2,3)9(7)8/h9H,1-3H3. The number of hydrogen-bond acceptors (Lipinski definition) is 3. The van der Waals surface area contributed by atoms with Crippen molar-refractivity contribution in [3.63, 3.8) is 0 Å². The Balaban J connectivity index is 4.59. The molecule has 0 aliphatic carbocycles. The average Bonchev–Trinajstić information content (AvgIpc) is 1.65. The molecule has 0 aliphatic rings. The normalized spacial score (nSPS) is 12.0. The molecular formula is C5H10O3S. The summed E-state index contributed by atoms with van der Waals surface area (Å²) >= 11 is 0. The number of ketones is 1. The second-order valence-electron chi connectivity index (χ2n) is 2.37. The van der Waals surface area contributed by atoms with Crippen molar-refractivity contribution in [3.05, 3.63) is 0 Å². The van der Waals surface area contributed by atoms with E-state index in [1.54, 1.807) is 0 Å². The highest BCUT2D eigenvalue weighted by Crippen LogP contribution is 2.07. The van der Waals surface area contributed by atoms with Gasteiger partial charge in [-0.2, -0.15) is 0 Å². The van der Waals surface area contributed by atoms with Crippen LogP contribution in [0.5, 0.6) is 0 Å². The molecule has 0 saturated carbocycles. The van der Waals surface area contributed by atoms with Gasteiger partial charge in [-0.25, -0.2) is 8.42 Å². The van der Waals surface area contributed by atoms with Crippen LogP contribution in [0.4, 0.5) is 0 Å². The van der Waals surface area contributed by atoms with Crippen LogP contribution in [0.25, 0.3) is 0 Å². The van der Waals surface area contributed by atoms with Gasteiger partial charge in [-0.1, -0.05) is 0 Å². The molecule has 3 nitrogen and oxygen atoms in total. The zero-order valence-electron chi connectivity index (χ0n) is 5.67. The summed E-state index contributed by atoms with van der Waals surface area (Å²) in [6.45, 7) is 4.05. The molecule has 0 aromatic rings. The van der Waals surface area contributed by atoms with E-state index in [1.807, 2.05) is 0 Å². The minimum Gasteiger partial charge on any atom is -0.298 e. The highest BCUT2D eigenvalue weighted by molar-refractivity contribution is 7.75. The van der Waals surface area contributed by atoms with Gasteiger partial charge in [-0.05, 0) is 20.8 Å². The number of Topliss-reactive ketones (excluding diaryl/α,β-unsaturated/α-hetero) is 1. The molecule has 0 bridgehead atoms. The monoisotopic (exact) mass is 150 g/mol. The van der Waals surface area contributed by atoms with Crippen molar-refractivity contribution in [1.29, 1.82) is 0 Å². The lowest BCUT2D eigenvalue weighted by Crippen LogP contribution is -2.30. The van der Waals surface area contributed by atoms with Gasteiger partial charge in [0.25, 0.3) is 0 Å². The lowest BCUT2D eigenvalue weighted by Gasteiger charge is -2.10. The predicted octanol–water partition coefficient (Wildman–Crippen LogP) is -0.0346. The first-order valence-corrected chi connectivity index (χ1v) is 3.72. The molecule has 0 saturated heterocycles. The van der Waals surface area contributed by atoms with Crippen molar-refractivity contribution < 1.29 is 13.2 Å². The molecule has 0 N–H and O–H groups in total. The first-order chi connectivity index (χ1) is 3.89. The van der Waals surface area contributed by atoms with Crippen LogP contribution in [0.3, 0.4) is 0 Å². The summed E-state index contributed by atoms with van der Waals surface area (Å²) in [5, 5.41) is 0. The minimum atomic E-state index is -2.63. The Labute approximate surface area is 56.0 Å². The Kier molecular flexibility index (Phi) is 2.37. The Morgan fingerprint density at radius 1 is 1.33 bits per heavy atom. The average molecular weight is 150 g/mol. The van der Waals surface area contributed by atoms with E-state index in [4.69, 9.17) is 0 Å². The number of carbonyl (C=O) groups excluding carboxylic acids is 1. The SMILES string of the molecule is CC(=O)C(C)(C)[SH](=O)=O. The molecule has 0 spiro atoms. The molecule has 0 aromatic carbocycles. The smallest absolute Gasteiger partial charge is 0.152 e. The third-order valence-electron chi connectivity index (χ3n) is 1.32. The minimum absolute atomic E-state index is 0.321. The van der Waals surface area contributed by atoms with E-state index in [-0.39, 0.29) is 5.78 Å². The summed E-state index contributed by atoms with van der Waals surface area (Å²) in [6, 6.07) is 0. The molecule has 0 aromatic heterocycles. The van der Waals surface area contributed by atoms with Crippen LogP contribution < -0.4 is 0 Å². The largest absolute Gasteiger partial charge is 0.298 e. The summed E-state index contributed by atoms with van der Waals surface area (Å²) in [5.41, 5.74) is 0. The second kappa shape index (κ2) is 2.47. The fourth-order valence-corrected chi connectivity index (χ4v) is 0.386. The van der Waals surface area contributed by atoms with Crippen molar-refractivity contribution >= 4 is 16.5 Å². The third-order valence-corrected chi connectivity index (χ3v) is 2.55. The molecule has 0 unspecified atom stereocenters. The maximum atomic E-state index is 10.5. The summed E-state index contributed by atoms with van der Waals surface area (Å²) in [6.07, 6.45) is 0. The lowest BCUT2D eigenvalue weighted by molar-refractivity contribution is -0.118. The lowest BCUT2D eigenvalue weighted by atomic mass is 10.1. The van der Waals surface area contributed by atoms with Crippen LogP contribution >= 0.6 is 0 Å². The van der Waals surface area contributed by atoms with Crippen molar-refractivity contribution in [2.75, 3.05) is 0 Å². The number of rotatable bonds is 2. The summed E-state index contributed by atoms with van der Waals surface area (Å²) in [4.78, 5) is 10.5. The van der Waals surface area contributed by atoms with Crippen LogP contribution in [0.1, 0.15) is 20.8 Å². The molecule has 0 fully saturated rings. The second-order valence-corrected chi connectivity index (χ2v) is 4.00. The van der Waals surface area contributed by atoms with Gasteiger partial charge >= 0.3 is 0 Å². The van der Waals surface area contributed by atoms with E-state index in [9.17, 15) is 13.2 Å². The fraction of sp³-hybridized carbons (Fsp3) is 0.800. The molecule has 0 atom stereocenters. The van der Waals surface area contributed by atoms with Gasteiger partial charge in [0, 0.05) is 0 Å². The molecule has 54 valence electrons. The molecule has 0 heterocycles. The Bertz CT molecular complexity index is 182. The van der Waals surface area contributed by atoms with Crippen LogP contribution in [0.15, 0.2) is 0 Å². The number of thiol groups is 1. The molecule has 0 amide bonds. The van der Waals surface area contributed by atoms with Crippen LogP contribution in [-0.4, -0.2) is 18.9 Å². The Morgan fingerprint density at radius 2 is 1.67 bits per heavy atom. The number of hydrogen-bond donors (Lipinski definition) is 1. The van der Waals surface area contributed by atoms with Gasteiger partial charge in [-0.3, -0.25) is 4.79 Å². The first-order valence-electron chi connectivity index (χ1n) is 2.54. The van der Waals surface area contributed by atoms with E-state index in [0.29, 0.717) is 0 Å². The Hall–Kier alpha value is -0.380. The molecule has 9 heavy (non-hydrogen) atoms. The summed E-state index contributed by atoms with van der Waals surface area (Å²) in [7, 11) is -2.63. The molecule has 4 heteroatoms. The van der Waals surface area contributed by atoms with Crippen molar-refractivity contribution in [2.45, 2.75) is 25.5 Å². The van der Waals surface area contributed by atoms with E-state index < -0.39 is 15.5 Å². The van der Waals surface area contributed by atoms with Gasteiger partial charge < -0.3 is 0 Å². The zero-order chi connectivity index (χ0) is 7.65. The van der Waals surface area contributed by atoms with Crippen LogP contribution in [0.2, 0.25) is 0 Å². The van der Waals surface area contributed by atoms with Crippen molar-refractivity contribution in [1.82, 2.24) is 0 Å². The topological polar surface area (TPSA) is 51.2 Å². The Morgan fingerprint density at radius 3 is 1.67 bits per heavy atom. The van der Waals surface area contributed by atoms with Gasteiger partial charge in [0.15, 0.2) is 10.7 Å². The van der Waals surface area contributed by atoms with E-state index in [2.05, 4.69) is 0 Å². The highest BCUT2D eigenvalue weighted by Gasteiger charge is 2.26. The van der Waals surface area contributed by atoms with Crippen molar-refractivity contribution in [2.24, 2.45) is 0 Å². The van der Waals surface area contributed by atoms with E-state index in [0.717, 1.165) is 0 Å². The summed E-state index contributed by atoms with van der Waals surface area (Å²) in [5.74, 6) is -0.321. The van der Waals surface area contributed by atoms with Crippen LogP contribution in [0, 0.1) is 0 Å². The maximum Gasteiger partial charge on any atom is 0.152 e. The molecule has 0 aliphatic heterocycles. The van der Waals surface area contributed by atoms with Gasteiger partial charge in [0.2, 0.25) is 0 Å². The maximum absolute atomic E-state index is 10.5. The van der Waals surface area contributed by atoms with Gasteiger partial charge in [0.1, 0.15) is 10.5 Å². The molecule has 0 radical (unpaired) electrons. The van der Waals surface area contributed by atoms with E-state index >= 15 is 0 Å².